The molecule has 3 heterocycles. The predicted octanol–water partition coefficient (Wildman–Crippen LogP) is -5.26. The number of fused-ring (bicyclic) bond motifs is 1. The smallest absolute Gasteiger partial charge is 0.281 e. The second-order valence-electron chi connectivity index (χ2n) is 4.58. The number of hydrogen-bond acceptors (Lipinski definition) is 9. The molecule has 1 fully saturated rings. The number of hydrogen-bond donors (Lipinski definition) is 4. The maximum Gasteiger partial charge on any atom is 0.281 e. The molecular formula is C10H17N5O7. The molecule has 5 atom stereocenters. The molecule has 22 heavy (non-hydrogen) atoms. The Hall–Kier alpha value is -1.96. The van der Waals surface area contributed by atoms with Crippen LogP contribution in [0.4, 0.5) is 0 Å². The first-order valence-electron chi connectivity index (χ1n) is 5.93. The molecule has 1 amide bonds. The van der Waals surface area contributed by atoms with Gasteiger partial charge in [0.25, 0.3) is 5.91 Å². The molecule has 9 N–H and O–H groups in total. The third kappa shape index (κ3) is 2.58. The molecule has 0 saturated carbocycles. The van der Waals surface area contributed by atoms with Gasteiger partial charge in [-0.25, -0.2) is 0 Å². The molecule has 0 aliphatic carbocycles. The van der Waals surface area contributed by atoms with E-state index in [1.807, 2.05) is 0 Å². The van der Waals surface area contributed by atoms with E-state index in [0.29, 0.717) is 0 Å². The van der Waals surface area contributed by atoms with Crippen LogP contribution in [-0.4, -0.2) is 92.4 Å². The number of amides is 1. The number of aliphatic imine (C=N–C) groups is 3. The van der Waals surface area contributed by atoms with Crippen molar-refractivity contribution in [1.82, 2.24) is 4.90 Å². The third-order valence-electron chi connectivity index (χ3n) is 3.33. The number of ether oxygens (including phenoxy) is 1. The van der Waals surface area contributed by atoms with Gasteiger partial charge in [-0.1, -0.05) is 0 Å². The fourth-order valence-corrected chi connectivity index (χ4v) is 2.32. The van der Waals surface area contributed by atoms with Crippen LogP contribution in [0.25, 0.3) is 0 Å². The lowest BCUT2D eigenvalue weighted by atomic mass is 10.1. The van der Waals surface area contributed by atoms with E-state index in [4.69, 9.17) is 15.6 Å². The van der Waals surface area contributed by atoms with Gasteiger partial charge in [0.05, 0.1) is 12.9 Å². The fourth-order valence-electron chi connectivity index (χ4n) is 2.32. The maximum absolute atomic E-state index is 11.6. The number of carbonyl (C=O) groups is 1. The van der Waals surface area contributed by atoms with E-state index in [1.165, 1.54) is 11.2 Å². The van der Waals surface area contributed by atoms with Crippen LogP contribution in [0.15, 0.2) is 15.0 Å². The fraction of sp³-hybridized carbons (Fsp3) is 0.600. The summed E-state index contributed by atoms with van der Waals surface area (Å²) in [6, 6.07) is -0.914. The van der Waals surface area contributed by atoms with Gasteiger partial charge in [0.15, 0.2) is 18.1 Å². The van der Waals surface area contributed by atoms with Crippen molar-refractivity contribution in [1.29, 1.82) is 0 Å². The summed E-state index contributed by atoms with van der Waals surface area (Å²) in [5, 5.41) is 28.7. The van der Waals surface area contributed by atoms with Crippen molar-refractivity contribution in [2.45, 2.75) is 30.6 Å². The van der Waals surface area contributed by atoms with Crippen LogP contribution in [-0.2, 0) is 9.53 Å². The van der Waals surface area contributed by atoms with Crippen molar-refractivity contribution in [2.75, 3.05) is 6.61 Å². The minimum atomic E-state index is -1.28. The van der Waals surface area contributed by atoms with E-state index >= 15 is 0 Å². The van der Waals surface area contributed by atoms with Gasteiger partial charge < -0.3 is 36.7 Å². The highest BCUT2D eigenvalue weighted by atomic mass is 16.6. The van der Waals surface area contributed by atoms with Crippen molar-refractivity contribution in [3.05, 3.63) is 0 Å². The first-order chi connectivity index (χ1) is 9.52. The lowest BCUT2D eigenvalue weighted by Gasteiger charge is -2.27. The van der Waals surface area contributed by atoms with Crippen LogP contribution in [0.2, 0.25) is 0 Å². The van der Waals surface area contributed by atoms with Crippen molar-refractivity contribution < 1.29 is 35.8 Å². The Morgan fingerprint density at radius 1 is 1.27 bits per heavy atom. The number of nitrogens with two attached hydrogens (primary N) is 1. The summed E-state index contributed by atoms with van der Waals surface area (Å²) in [5.74, 6) is -0.584. The van der Waals surface area contributed by atoms with Crippen molar-refractivity contribution in [2.24, 2.45) is 20.7 Å². The minimum Gasteiger partial charge on any atom is -0.412 e. The molecule has 124 valence electrons. The SMILES string of the molecule is NC1=NC(=O)C2N=CN(C3OC(CO)C(O)C3O)C2=N1.O.O. The summed E-state index contributed by atoms with van der Waals surface area (Å²) in [6.45, 7) is -0.446. The van der Waals surface area contributed by atoms with Crippen LogP contribution < -0.4 is 5.73 Å². The Labute approximate surface area is 123 Å². The molecule has 0 aromatic rings. The molecule has 3 rings (SSSR count). The van der Waals surface area contributed by atoms with Crippen LogP contribution in [0.3, 0.4) is 0 Å². The number of rotatable bonds is 2. The highest BCUT2D eigenvalue weighted by molar-refractivity contribution is 6.21. The van der Waals surface area contributed by atoms with E-state index < -0.39 is 43.1 Å². The molecule has 0 spiro atoms. The second-order valence-corrected chi connectivity index (χ2v) is 4.58. The average Bonchev–Trinajstić information content (AvgIpc) is 2.93. The third-order valence-corrected chi connectivity index (χ3v) is 3.33. The van der Waals surface area contributed by atoms with Gasteiger partial charge in [-0.15, -0.1) is 0 Å². The van der Waals surface area contributed by atoms with Crippen LogP contribution >= 0.6 is 0 Å². The quantitative estimate of drug-likeness (QED) is 0.387. The molecular weight excluding hydrogens is 302 g/mol. The molecule has 5 unspecified atom stereocenters. The predicted molar refractivity (Wildman–Crippen MR) is 73.2 cm³/mol. The molecule has 1 saturated heterocycles. The molecule has 0 radical (unpaired) electrons. The topological polar surface area (TPSA) is 216 Å². The Morgan fingerprint density at radius 3 is 2.55 bits per heavy atom. The number of aliphatic hydroxyl groups excluding tert-OH is 3. The van der Waals surface area contributed by atoms with Gasteiger partial charge in [0, 0.05) is 0 Å². The van der Waals surface area contributed by atoms with E-state index in [2.05, 4.69) is 15.0 Å². The van der Waals surface area contributed by atoms with Gasteiger partial charge in [0.1, 0.15) is 18.3 Å². The number of carbonyl (C=O) groups excluding carboxylic acids is 1. The van der Waals surface area contributed by atoms with E-state index in [1.54, 1.807) is 0 Å². The van der Waals surface area contributed by atoms with E-state index in [9.17, 15) is 15.0 Å². The highest BCUT2D eigenvalue weighted by Gasteiger charge is 2.49. The largest absolute Gasteiger partial charge is 0.412 e. The van der Waals surface area contributed by atoms with Gasteiger partial charge in [-0.3, -0.25) is 14.7 Å². The number of nitrogens with zero attached hydrogens (tertiary/aromatic N) is 4. The highest BCUT2D eigenvalue weighted by Crippen LogP contribution is 2.27. The summed E-state index contributed by atoms with van der Waals surface area (Å²) in [5.41, 5.74) is 5.42. The summed E-state index contributed by atoms with van der Waals surface area (Å²) < 4.78 is 5.35. The first kappa shape index (κ1) is 18.1. The number of guanidine groups is 1. The Morgan fingerprint density at radius 2 is 1.95 bits per heavy atom. The van der Waals surface area contributed by atoms with Gasteiger partial charge >= 0.3 is 0 Å². The van der Waals surface area contributed by atoms with Crippen LogP contribution in [0.1, 0.15) is 0 Å². The van der Waals surface area contributed by atoms with Gasteiger partial charge in [0.2, 0.25) is 5.96 Å². The standard InChI is InChI=1S/C10H13N5O5.2H2O/c11-10-13-7-4(8(19)14-10)12-2-15(7)9-6(18)5(17)3(1-16)20-9;;/h2-6,9,16-18H,1H2,(H2,11,14,19);2*1H2. The molecule has 0 aromatic carbocycles. The number of amidine groups is 1. The summed E-state index contributed by atoms with van der Waals surface area (Å²) in [4.78, 5) is 24.3. The number of aliphatic hydroxyl groups is 3. The van der Waals surface area contributed by atoms with Crippen molar-refractivity contribution >= 4 is 24.0 Å². The van der Waals surface area contributed by atoms with Crippen molar-refractivity contribution in [3.63, 3.8) is 0 Å². The summed E-state index contributed by atoms with van der Waals surface area (Å²) in [7, 11) is 0. The average molecular weight is 319 g/mol. The normalized spacial score (nSPS) is 36.2. The monoisotopic (exact) mass is 319 g/mol. The molecule has 12 heteroatoms. The summed E-state index contributed by atoms with van der Waals surface area (Å²) in [6.07, 6.45) is -3.18. The van der Waals surface area contributed by atoms with Crippen LogP contribution in [0.5, 0.6) is 0 Å². The van der Waals surface area contributed by atoms with Gasteiger partial charge in [-0.05, 0) is 0 Å². The Kier molecular flexibility index (Phi) is 5.29. The van der Waals surface area contributed by atoms with E-state index in [0.717, 1.165) is 0 Å². The zero-order valence-electron chi connectivity index (χ0n) is 11.2. The molecule has 3 aliphatic heterocycles. The molecule has 12 nitrogen and oxygen atoms in total. The molecule has 3 aliphatic rings. The van der Waals surface area contributed by atoms with E-state index in [-0.39, 0.29) is 22.7 Å². The zero-order valence-corrected chi connectivity index (χ0v) is 11.2. The zero-order chi connectivity index (χ0) is 14.4. The lowest BCUT2D eigenvalue weighted by molar-refractivity contribution is -0.117. The lowest BCUT2D eigenvalue weighted by Crippen LogP contribution is -2.49. The van der Waals surface area contributed by atoms with Gasteiger partial charge in [-0.2, -0.15) is 9.98 Å². The van der Waals surface area contributed by atoms with Crippen molar-refractivity contribution in [3.8, 4) is 0 Å². The first-order valence-corrected chi connectivity index (χ1v) is 5.93. The minimum absolute atomic E-state index is 0. The second kappa shape index (κ2) is 6.43. The summed E-state index contributed by atoms with van der Waals surface area (Å²) >= 11 is 0. The molecule has 0 bridgehead atoms. The Balaban J connectivity index is 0.00000121. The molecule has 0 aromatic heterocycles. The van der Waals surface area contributed by atoms with Crippen LogP contribution in [0, 0.1) is 0 Å². The maximum atomic E-state index is 11.6. The Bertz CT molecular complexity index is 536.